The van der Waals surface area contributed by atoms with Gasteiger partial charge in [-0.3, -0.25) is 4.79 Å². The average molecular weight is 202 g/mol. The summed E-state index contributed by atoms with van der Waals surface area (Å²) >= 11 is 0. The molecule has 1 N–H and O–H groups in total. The lowest BCUT2D eigenvalue weighted by atomic mass is 9.95. The first kappa shape index (κ1) is 13.4. The van der Waals surface area contributed by atoms with Gasteiger partial charge in [0.2, 0.25) is 0 Å². The fraction of sp³-hybridized carbons (Fsp3) is 0.909. The SMILES string of the molecule is CCCCCC(O)C(CC)C(=O)OC. The molecule has 0 radical (unpaired) electrons. The molecule has 0 fully saturated rings. The number of esters is 1. The first-order valence-corrected chi connectivity index (χ1v) is 5.43. The van der Waals surface area contributed by atoms with Gasteiger partial charge in [0.1, 0.15) is 0 Å². The van der Waals surface area contributed by atoms with Crippen LogP contribution in [0.4, 0.5) is 0 Å². The second kappa shape index (κ2) is 7.80. The fourth-order valence-corrected chi connectivity index (χ4v) is 1.55. The summed E-state index contributed by atoms with van der Waals surface area (Å²) in [5, 5.41) is 9.74. The number of methoxy groups -OCH3 is 1. The lowest BCUT2D eigenvalue weighted by Gasteiger charge is -2.18. The van der Waals surface area contributed by atoms with Crippen molar-refractivity contribution in [3.05, 3.63) is 0 Å². The predicted molar refractivity (Wildman–Crippen MR) is 55.9 cm³/mol. The molecular weight excluding hydrogens is 180 g/mol. The van der Waals surface area contributed by atoms with E-state index in [4.69, 9.17) is 0 Å². The van der Waals surface area contributed by atoms with Gasteiger partial charge >= 0.3 is 5.97 Å². The minimum Gasteiger partial charge on any atom is -0.469 e. The van der Waals surface area contributed by atoms with E-state index < -0.39 is 6.10 Å². The van der Waals surface area contributed by atoms with Crippen molar-refractivity contribution in [2.75, 3.05) is 7.11 Å². The largest absolute Gasteiger partial charge is 0.469 e. The van der Waals surface area contributed by atoms with E-state index in [2.05, 4.69) is 11.7 Å². The topological polar surface area (TPSA) is 46.5 Å². The van der Waals surface area contributed by atoms with Crippen LogP contribution in [0.2, 0.25) is 0 Å². The number of aliphatic hydroxyl groups is 1. The summed E-state index contributed by atoms with van der Waals surface area (Å²) in [4.78, 5) is 11.2. The van der Waals surface area contributed by atoms with Gasteiger partial charge in [0.15, 0.2) is 0 Å². The van der Waals surface area contributed by atoms with Crippen LogP contribution in [0.1, 0.15) is 46.0 Å². The highest BCUT2D eigenvalue weighted by Gasteiger charge is 2.25. The third kappa shape index (κ3) is 4.61. The molecule has 14 heavy (non-hydrogen) atoms. The van der Waals surface area contributed by atoms with Crippen LogP contribution in [-0.4, -0.2) is 24.3 Å². The third-order valence-electron chi connectivity index (χ3n) is 2.51. The van der Waals surface area contributed by atoms with Gasteiger partial charge in [-0.05, 0) is 12.8 Å². The zero-order chi connectivity index (χ0) is 11.0. The summed E-state index contributed by atoms with van der Waals surface area (Å²) in [5.74, 6) is -0.645. The van der Waals surface area contributed by atoms with Gasteiger partial charge in [-0.1, -0.05) is 33.1 Å². The molecule has 0 aromatic carbocycles. The highest BCUT2D eigenvalue weighted by atomic mass is 16.5. The van der Waals surface area contributed by atoms with E-state index in [0.717, 1.165) is 19.3 Å². The zero-order valence-corrected chi connectivity index (χ0v) is 9.45. The lowest BCUT2D eigenvalue weighted by Crippen LogP contribution is -2.28. The smallest absolute Gasteiger partial charge is 0.311 e. The Bertz CT molecular complexity index is 157. The van der Waals surface area contributed by atoms with E-state index in [0.29, 0.717) is 12.8 Å². The summed E-state index contributed by atoms with van der Waals surface area (Å²) in [5.41, 5.74) is 0. The van der Waals surface area contributed by atoms with Crippen LogP contribution in [0.5, 0.6) is 0 Å². The van der Waals surface area contributed by atoms with Gasteiger partial charge in [0.25, 0.3) is 0 Å². The molecule has 0 aliphatic rings. The molecule has 0 aliphatic heterocycles. The highest BCUT2D eigenvalue weighted by molar-refractivity contribution is 5.72. The Hall–Kier alpha value is -0.570. The Morgan fingerprint density at radius 2 is 2.00 bits per heavy atom. The zero-order valence-electron chi connectivity index (χ0n) is 9.45. The van der Waals surface area contributed by atoms with Gasteiger partial charge in [-0.15, -0.1) is 0 Å². The van der Waals surface area contributed by atoms with Gasteiger partial charge < -0.3 is 9.84 Å². The van der Waals surface area contributed by atoms with Gasteiger partial charge in [0, 0.05) is 0 Å². The molecule has 3 heteroatoms. The number of ether oxygens (including phenoxy) is 1. The van der Waals surface area contributed by atoms with Gasteiger partial charge in [-0.2, -0.15) is 0 Å². The van der Waals surface area contributed by atoms with Crippen LogP contribution in [-0.2, 0) is 9.53 Å². The van der Waals surface area contributed by atoms with E-state index in [-0.39, 0.29) is 11.9 Å². The lowest BCUT2D eigenvalue weighted by molar-refractivity contribution is -0.149. The Labute approximate surface area is 86.5 Å². The molecule has 2 atom stereocenters. The van der Waals surface area contributed by atoms with Crippen LogP contribution < -0.4 is 0 Å². The van der Waals surface area contributed by atoms with E-state index in [9.17, 15) is 9.90 Å². The second-order valence-corrected chi connectivity index (χ2v) is 3.60. The van der Waals surface area contributed by atoms with Crippen LogP contribution in [0.25, 0.3) is 0 Å². The predicted octanol–water partition coefficient (Wildman–Crippen LogP) is 2.13. The number of carbonyl (C=O) groups is 1. The average Bonchev–Trinajstić information content (AvgIpc) is 2.19. The van der Waals surface area contributed by atoms with E-state index >= 15 is 0 Å². The summed E-state index contributed by atoms with van der Waals surface area (Å²) in [6.45, 7) is 4.01. The molecule has 0 saturated carbocycles. The van der Waals surface area contributed by atoms with Gasteiger partial charge in [-0.25, -0.2) is 0 Å². The summed E-state index contributed by atoms with van der Waals surface area (Å²) in [6, 6.07) is 0. The summed E-state index contributed by atoms with van der Waals surface area (Å²) in [6.07, 6.45) is 4.00. The molecule has 0 spiro atoms. The van der Waals surface area contributed by atoms with Crippen molar-refractivity contribution in [1.82, 2.24) is 0 Å². The second-order valence-electron chi connectivity index (χ2n) is 3.60. The van der Waals surface area contributed by atoms with Crippen LogP contribution >= 0.6 is 0 Å². The minimum atomic E-state index is -0.543. The highest BCUT2D eigenvalue weighted by Crippen LogP contribution is 2.16. The van der Waals surface area contributed by atoms with Gasteiger partial charge in [0.05, 0.1) is 19.1 Å². The number of hydrogen-bond donors (Lipinski definition) is 1. The molecule has 0 aromatic heterocycles. The Kier molecular flexibility index (Phi) is 7.48. The number of unbranched alkanes of at least 4 members (excludes halogenated alkanes) is 2. The minimum absolute atomic E-state index is 0.295. The number of carbonyl (C=O) groups excluding carboxylic acids is 1. The van der Waals surface area contributed by atoms with Crippen molar-refractivity contribution in [2.45, 2.75) is 52.1 Å². The maximum absolute atomic E-state index is 11.2. The van der Waals surface area contributed by atoms with Crippen molar-refractivity contribution in [1.29, 1.82) is 0 Å². The van der Waals surface area contributed by atoms with Crippen LogP contribution in [0.15, 0.2) is 0 Å². The van der Waals surface area contributed by atoms with Crippen molar-refractivity contribution in [3.63, 3.8) is 0 Å². The standard InChI is InChI=1S/C11H22O3/c1-4-6-7-8-10(12)9(5-2)11(13)14-3/h9-10,12H,4-8H2,1-3H3. The van der Waals surface area contributed by atoms with E-state index in [1.807, 2.05) is 6.92 Å². The number of hydrogen-bond acceptors (Lipinski definition) is 3. The third-order valence-corrected chi connectivity index (χ3v) is 2.51. The monoisotopic (exact) mass is 202 g/mol. The Morgan fingerprint density at radius 3 is 2.43 bits per heavy atom. The maximum atomic E-state index is 11.2. The first-order valence-electron chi connectivity index (χ1n) is 5.43. The molecule has 0 aliphatic carbocycles. The number of rotatable bonds is 7. The van der Waals surface area contributed by atoms with Crippen LogP contribution in [0, 0.1) is 5.92 Å². The molecule has 0 aromatic rings. The summed E-state index contributed by atoms with van der Waals surface area (Å²) < 4.78 is 4.63. The first-order chi connectivity index (χ1) is 6.67. The molecule has 2 unspecified atom stereocenters. The maximum Gasteiger partial charge on any atom is 0.311 e. The van der Waals surface area contributed by atoms with Crippen molar-refractivity contribution >= 4 is 5.97 Å². The summed E-state index contributed by atoms with van der Waals surface area (Å²) in [7, 11) is 1.36. The van der Waals surface area contributed by atoms with Crippen LogP contribution in [0.3, 0.4) is 0 Å². The van der Waals surface area contributed by atoms with Crippen molar-refractivity contribution < 1.29 is 14.6 Å². The molecule has 0 saturated heterocycles. The molecule has 0 rings (SSSR count). The number of aliphatic hydroxyl groups excluding tert-OH is 1. The quantitative estimate of drug-likeness (QED) is 0.508. The molecule has 84 valence electrons. The van der Waals surface area contributed by atoms with E-state index in [1.54, 1.807) is 0 Å². The van der Waals surface area contributed by atoms with E-state index in [1.165, 1.54) is 7.11 Å². The normalized spacial score (nSPS) is 14.9. The molecule has 0 amide bonds. The van der Waals surface area contributed by atoms with Crippen molar-refractivity contribution in [3.8, 4) is 0 Å². The Balaban J connectivity index is 3.91. The molecular formula is C11H22O3. The molecule has 3 nitrogen and oxygen atoms in total. The molecule has 0 bridgehead atoms. The molecule has 0 heterocycles. The fourth-order valence-electron chi connectivity index (χ4n) is 1.55. The van der Waals surface area contributed by atoms with Crippen molar-refractivity contribution in [2.24, 2.45) is 5.92 Å². The Morgan fingerprint density at radius 1 is 1.36 bits per heavy atom.